The lowest BCUT2D eigenvalue weighted by atomic mass is 9.98. The van der Waals surface area contributed by atoms with Crippen LogP contribution in [0.1, 0.15) is 168 Å². The van der Waals surface area contributed by atoms with Crippen molar-refractivity contribution >= 4 is 5.97 Å². The molecule has 11 atom stereocenters. The van der Waals surface area contributed by atoms with Gasteiger partial charge in [-0.1, -0.05) is 140 Å². The van der Waals surface area contributed by atoms with Gasteiger partial charge in [-0.2, -0.15) is 0 Å². The van der Waals surface area contributed by atoms with Crippen LogP contribution in [0.2, 0.25) is 0 Å². The highest BCUT2D eigenvalue weighted by atomic mass is 16.7. The summed E-state index contributed by atoms with van der Waals surface area (Å²) in [7, 11) is 0. The maximum atomic E-state index is 13.0. The summed E-state index contributed by atoms with van der Waals surface area (Å²) in [6.45, 7) is 3.52. The normalized spacial score (nSPS) is 26.9. The molecule has 2 aliphatic heterocycles. The molecule has 0 aromatic rings. The highest BCUT2D eigenvalue weighted by Gasteiger charge is 2.47. The van der Waals surface area contributed by atoms with Crippen LogP contribution < -0.4 is 0 Å². The van der Waals surface area contributed by atoms with Crippen molar-refractivity contribution in [2.45, 2.75) is 235 Å². The number of unbranched alkanes of at least 4 members (excludes halogenated alkanes) is 17. The van der Waals surface area contributed by atoms with Gasteiger partial charge >= 0.3 is 5.97 Å². The first-order valence-electron chi connectivity index (χ1n) is 25.2. The van der Waals surface area contributed by atoms with E-state index in [0.717, 1.165) is 89.9 Å². The van der Waals surface area contributed by atoms with E-state index in [0.29, 0.717) is 13.0 Å². The van der Waals surface area contributed by atoms with Gasteiger partial charge in [-0.15, -0.1) is 0 Å². The Morgan fingerprint density at radius 3 is 1.58 bits per heavy atom. The van der Waals surface area contributed by atoms with Gasteiger partial charge in [0.15, 0.2) is 12.6 Å². The minimum Gasteiger partial charge on any atom is -0.457 e. The Bertz CT molecular complexity index is 1260. The number of aliphatic hydroxyl groups excluding tert-OH is 7. The molecule has 0 aromatic heterocycles. The number of carbonyl (C=O) groups excluding carboxylic acids is 1. The predicted molar refractivity (Wildman–Crippen MR) is 252 cm³/mol. The third-order valence-corrected chi connectivity index (χ3v) is 11.8. The van der Waals surface area contributed by atoms with Crippen LogP contribution in [0.3, 0.4) is 0 Å². The van der Waals surface area contributed by atoms with Gasteiger partial charge in [-0.25, -0.2) is 0 Å². The molecule has 0 amide bonds. The van der Waals surface area contributed by atoms with E-state index in [1.807, 2.05) is 0 Å². The maximum absolute atomic E-state index is 13.0. The van der Waals surface area contributed by atoms with Crippen molar-refractivity contribution in [2.75, 3.05) is 33.0 Å². The Morgan fingerprint density at radius 2 is 1.00 bits per heavy atom. The van der Waals surface area contributed by atoms with Gasteiger partial charge in [0.2, 0.25) is 0 Å². The van der Waals surface area contributed by atoms with Crippen molar-refractivity contribution in [3.05, 3.63) is 48.6 Å². The SMILES string of the molecule is CC/C=C\C/C=C\C/C=C\CCCCCCCCOCC(COC1OC(COC2OC(CO)C(O)C(O)C2O)C(O)C(O)C1O)OC(=O)CCCCCCC/C=C\CCCCCCCC. The molecular weight excluding hydrogens is 837 g/mol. The van der Waals surface area contributed by atoms with Crippen LogP contribution >= 0.6 is 0 Å². The van der Waals surface area contributed by atoms with Crippen molar-refractivity contribution in [3.63, 3.8) is 0 Å². The summed E-state index contributed by atoms with van der Waals surface area (Å²) < 4.78 is 34.2. The summed E-state index contributed by atoms with van der Waals surface area (Å²) in [5.41, 5.74) is 0. The number of hydrogen-bond donors (Lipinski definition) is 7. The van der Waals surface area contributed by atoms with Gasteiger partial charge in [-0.3, -0.25) is 4.79 Å². The number of allylic oxidation sites excluding steroid dienone is 8. The number of ether oxygens (including phenoxy) is 6. The summed E-state index contributed by atoms with van der Waals surface area (Å²) in [5.74, 6) is -0.391. The third kappa shape index (κ3) is 26.9. The Kier molecular flexibility index (Phi) is 35.3. The number of aliphatic hydroxyl groups is 7. The Hall–Kier alpha value is -2.05. The average molecular weight is 927 g/mol. The lowest BCUT2D eigenvalue weighted by molar-refractivity contribution is -0.332. The first-order chi connectivity index (χ1) is 31.6. The fourth-order valence-corrected chi connectivity index (χ4v) is 7.70. The highest BCUT2D eigenvalue weighted by Crippen LogP contribution is 2.26. The quantitative estimate of drug-likeness (QED) is 0.0185. The minimum atomic E-state index is -1.71. The van der Waals surface area contributed by atoms with E-state index >= 15 is 0 Å². The molecule has 2 saturated heterocycles. The third-order valence-electron chi connectivity index (χ3n) is 11.8. The Balaban J connectivity index is 1.79. The molecule has 0 saturated carbocycles. The molecule has 378 valence electrons. The zero-order valence-electron chi connectivity index (χ0n) is 40.0. The number of esters is 1. The summed E-state index contributed by atoms with van der Waals surface area (Å²) in [5, 5.41) is 72.1. The maximum Gasteiger partial charge on any atom is 0.306 e. The summed E-state index contributed by atoms with van der Waals surface area (Å²) in [4.78, 5) is 13.0. The first-order valence-corrected chi connectivity index (χ1v) is 25.2. The van der Waals surface area contributed by atoms with Crippen molar-refractivity contribution < 1.29 is 69.0 Å². The van der Waals surface area contributed by atoms with Gasteiger partial charge in [0.1, 0.15) is 54.9 Å². The molecular formula is C51H90O14. The molecule has 2 aliphatic rings. The van der Waals surface area contributed by atoms with Crippen LogP contribution in [0.4, 0.5) is 0 Å². The molecule has 14 heteroatoms. The molecule has 11 unspecified atom stereocenters. The van der Waals surface area contributed by atoms with Crippen molar-refractivity contribution in [1.29, 1.82) is 0 Å². The smallest absolute Gasteiger partial charge is 0.306 e. The van der Waals surface area contributed by atoms with Crippen molar-refractivity contribution in [3.8, 4) is 0 Å². The van der Waals surface area contributed by atoms with E-state index in [-0.39, 0.29) is 19.6 Å². The molecule has 2 heterocycles. The van der Waals surface area contributed by atoms with E-state index in [1.165, 1.54) is 51.4 Å². The minimum absolute atomic E-state index is 0.0483. The monoisotopic (exact) mass is 927 g/mol. The molecule has 0 radical (unpaired) electrons. The fourth-order valence-electron chi connectivity index (χ4n) is 7.70. The number of carbonyl (C=O) groups is 1. The van der Waals surface area contributed by atoms with Crippen LogP contribution in [-0.2, 0) is 33.2 Å². The molecule has 65 heavy (non-hydrogen) atoms. The number of rotatable bonds is 39. The zero-order valence-corrected chi connectivity index (χ0v) is 40.0. The van der Waals surface area contributed by atoms with E-state index in [9.17, 15) is 40.5 Å². The molecule has 2 fully saturated rings. The van der Waals surface area contributed by atoms with Crippen molar-refractivity contribution in [1.82, 2.24) is 0 Å². The molecule has 0 aliphatic carbocycles. The summed E-state index contributed by atoms with van der Waals surface area (Å²) >= 11 is 0. The molecule has 2 rings (SSSR count). The van der Waals surface area contributed by atoms with Crippen LogP contribution in [0.15, 0.2) is 48.6 Å². The second-order valence-corrected chi connectivity index (χ2v) is 17.6. The van der Waals surface area contributed by atoms with E-state index < -0.39 is 86.7 Å². The van der Waals surface area contributed by atoms with E-state index in [2.05, 4.69) is 62.5 Å². The lowest BCUT2D eigenvalue weighted by Gasteiger charge is -2.42. The summed E-state index contributed by atoms with van der Waals surface area (Å²) in [6, 6.07) is 0. The van der Waals surface area contributed by atoms with Gasteiger partial charge in [0, 0.05) is 13.0 Å². The lowest BCUT2D eigenvalue weighted by Crippen LogP contribution is -2.61. The van der Waals surface area contributed by atoms with Crippen LogP contribution in [0.5, 0.6) is 0 Å². The Labute approximate surface area is 391 Å². The second kappa shape index (κ2) is 38.9. The fraction of sp³-hybridized carbons (Fsp3) is 0.824. The largest absolute Gasteiger partial charge is 0.457 e. The molecule has 14 nitrogen and oxygen atoms in total. The molecule has 0 spiro atoms. The molecule has 0 bridgehead atoms. The highest BCUT2D eigenvalue weighted by molar-refractivity contribution is 5.69. The van der Waals surface area contributed by atoms with E-state index in [4.69, 9.17) is 28.4 Å². The predicted octanol–water partition coefficient (Wildman–Crippen LogP) is 7.18. The molecule has 7 N–H and O–H groups in total. The Morgan fingerprint density at radius 1 is 0.523 bits per heavy atom. The zero-order chi connectivity index (χ0) is 47.3. The van der Waals surface area contributed by atoms with E-state index in [1.54, 1.807) is 0 Å². The second-order valence-electron chi connectivity index (χ2n) is 17.6. The summed E-state index contributed by atoms with van der Waals surface area (Å²) in [6.07, 6.45) is 27.4. The van der Waals surface area contributed by atoms with Gasteiger partial charge in [0.05, 0.1) is 26.4 Å². The van der Waals surface area contributed by atoms with Crippen LogP contribution in [0, 0.1) is 0 Å². The standard InChI is InChI=1S/C51H90O14/c1-3-5-7-9-11-13-15-17-19-21-23-25-27-29-31-33-35-60-37-40(63-43(53)34-32-30-28-26-24-22-20-18-16-14-12-10-8-6-4-2)38-61-50-49(59)47(57)45(55)42(65-50)39-62-51-48(58)46(56)44(54)41(36-52)64-51/h5,7,11,13,17-20,40-42,44-52,54-59H,3-4,6,8-10,12,14-16,21-39H2,1-2H3/b7-5-,13-11-,19-17-,20-18-. The van der Waals surface area contributed by atoms with Crippen LogP contribution in [-0.4, -0.2) is 142 Å². The molecule has 0 aromatic carbocycles. The average Bonchev–Trinajstić information content (AvgIpc) is 3.30. The topological polar surface area (TPSA) is 214 Å². The van der Waals surface area contributed by atoms with Gasteiger partial charge in [-0.05, 0) is 70.6 Å². The number of hydrogen-bond acceptors (Lipinski definition) is 14. The van der Waals surface area contributed by atoms with Gasteiger partial charge in [0.25, 0.3) is 0 Å². The van der Waals surface area contributed by atoms with Crippen molar-refractivity contribution in [2.24, 2.45) is 0 Å². The van der Waals surface area contributed by atoms with Gasteiger partial charge < -0.3 is 64.2 Å². The van der Waals surface area contributed by atoms with Crippen LogP contribution in [0.25, 0.3) is 0 Å². The first kappa shape index (κ1) is 59.1.